The molecule has 1 saturated heterocycles. The van der Waals surface area contributed by atoms with Crippen molar-refractivity contribution >= 4 is 17.8 Å². The van der Waals surface area contributed by atoms with E-state index in [1.54, 1.807) is 0 Å². The largest absolute Gasteiger partial charge is 0.481 e. The van der Waals surface area contributed by atoms with E-state index in [0.717, 1.165) is 31.3 Å². The predicted molar refractivity (Wildman–Crippen MR) is 74.6 cm³/mol. The topological polar surface area (TPSA) is 94.9 Å². The van der Waals surface area contributed by atoms with E-state index in [1.807, 2.05) is 0 Å². The maximum Gasteiger partial charge on any atom is 0.309 e. The summed E-state index contributed by atoms with van der Waals surface area (Å²) in [7, 11) is 0. The van der Waals surface area contributed by atoms with Crippen molar-refractivity contribution in [2.24, 2.45) is 11.8 Å². The van der Waals surface area contributed by atoms with Crippen molar-refractivity contribution in [1.82, 2.24) is 4.90 Å². The Morgan fingerprint density at radius 3 is 2.43 bits per heavy atom. The number of allylic oxidation sites excluding steroid dienone is 1. The van der Waals surface area contributed by atoms with Crippen LogP contribution in [0.5, 0.6) is 0 Å². The molecule has 6 heteroatoms. The zero-order chi connectivity index (χ0) is 15.4. The van der Waals surface area contributed by atoms with Crippen LogP contribution in [-0.2, 0) is 14.4 Å². The molecule has 2 N–H and O–H groups in total. The van der Waals surface area contributed by atoms with Crippen LogP contribution in [0.1, 0.15) is 38.5 Å². The molecule has 0 radical (unpaired) electrons. The van der Waals surface area contributed by atoms with Gasteiger partial charge in [0.1, 0.15) is 0 Å². The first kappa shape index (κ1) is 15.5. The molecule has 2 aliphatic rings. The van der Waals surface area contributed by atoms with E-state index in [2.05, 4.69) is 6.08 Å². The van der Waals surface area contributed by atoms with Gasteiger partial charge in [0.25, 0.3) is 0 Å². The Balaban J connectivity index is 1.98. The van der Waals surface area contributed by atoms with Gasteiger partial charge in [0.2, 0.25) is 5.91 Å². The molecule has 6 nitrogen and oxygen atoms in total. The molecule has 21 heavy (non-hydrogen) atoms. The molecule has 1 amide bonds. The number of aliphatic carboxylic acids is 2. The highest BCUT2D eigenvalue weighted by atomic mass is 16.4. The summed E-state index contributed by atoms with van der Waals surface area (Å²) in [6.07, 6.45) is 6.82. The van der Waals surface area contributed by atoms with Gasteiger partial charge in [-0.05, 0) is 32.1 Å². The predicted octanol–water partition coefficient (Wildman–Crippen LogP) is 1.51. The van der Waals surface area contributed by atoms with Crippen LogP contribution < -0.4 is 0 Å². The van der Waals surface area contributed by atoms with Crippen LogP contribution in [-0.4, -0.2) is 46.0 Å². The molecule has 2 atom stereocenters. The first-order chi connectivity index (χ1) is 9.99. The van der Waals surface area contributed by atoms with Crippen molar-refractivity contribution < 1.29 is 24.6 Å². The zero-order valence-corrected chi connectivity index (χ0v) is 12.0. The molecule has 1 aliphatic heterocycles. The van der Waals surface area contributed by atoms with E-state index in [0.29, 0.717) is 13.0 Å². The number of piperidine rings is 1. The number of nitrogens with zero attached hydrogens (tertiary/aromatic N) is 1. The summed E-state index contributed by atoms with van der Waals surface area (Å²) in [6.45, 7) is 0.325. The monoisotopic (exact) mass is 295 g/mol. The molecule has 116 valence electrons. The lowest BCUT2D eigenvalue weighted by Crippen LogP contribution is -2.48. The molecule has 0 saturated carbocycles. The molecule has 2 rings (SSSR count). The van der Waals surface area contributed by atoms with E-state index >= 15 is 0 Å². The van der Waals surface area contributed by atoms with Crippen LogP contribution in [0, 0.1) is 11.8 Å². The average molecular weight is 295 g/mol. The fraction of sp³-hybridized carbons (Fsp3) is 0.667. The van der Waals surface area contributed by atoms with Crippen LogP contribution in [0.2, 0.25) is 0 Å². The van der Waals surface area contributed by atoms with Crippen molar-refractivity contribution in [1.29, 1.82) is 0 Å². The highest BCUT2D eigenvalue weighted by Gasteiger charge is 2.40. The number of carboxylic acid groups (broad SMARTS) is 2. The quantitative estimate of drug-likeness (QED) is 0.767. The van der Waals surface area contributed by atoms with Gasteiger partial charge in [0, 0.05) is 19.5 Å². The van der Waals surface area contributed by atoms with Gasteiger partial charge >= 0.3 is 11.9 Å². The van der Waals surface area contributed by atoms with E-state index in [-0.39, 0.29) is 18.9 Å². The molecule has 0 aromatic heterocycles. The fourth-order valence-electron chi connectivity index (χ4n) is 3.10. The van der Waals surface area contributed by atoms with Crippen LogP contribution in [0.15, 0.2) is 11.6 Å². The number of hydrogen-bond acceptors (Lipinski definition) is 3. The highest BCUT2D eigenvalue weighted by molar-refractivity contribution is 5.83. The second-order valence-corrected chi connectivity index (χ2v) is 5.80. The molecule has 0 bridgehead atoms. The summed E-state index contributed by atoms with van der Waals surface area (Å²) >= 11 is 0. The Morgan fingerprint density at radius 2 is 1.86 bits per heavy atom. The van der Waals surface area contributed by atoms with Gasteiger partial charge in [-0.3, -0.25) is 14.4 Å². The summed E-state index contributed by atoms with van der Waals surface area (Å²) in [5.74, 6) is -4.24. The lowest BCUT2D eigenvalue weighted by Gasteiger charge is -2.35. The molecule has 1 aliphatic carbocycles. The summed E-state index contributed by atoms with van der Waals surface area (Å²) < 4.78 is 0. The molecule has 0 spiro atoms. The Labute approximate surface area is 123 Å². The highest BCUT2D eigenvalue weighted by Crippen LogP contribution is 2.26. The van der Waals surface area contributed by atoms with E-state index in [9.17, 15) is 14.4 Å². The first-order valence-electron chi connectivity index (χ1n) is 7.40. The van der Waals surface area contributed by atoms with Crippen molar-refractivity contribution in [2.75, 3.05) is 13.1 Å². The number of amides is 1. The maximum atomic E-state index is 12.3. The van der Waals surface area contributed by atoms with Gasteiger partial charge in [-0.25, -0.2) is 0 Å². The van der Waals surface area contributed by atoms with Crippen LogP contribution in [0.3, 0.4) is 0 Å². The van der Waals surface area contributed by atoms with E-state index in [1.165, 1.54) is 4.90 Å². The van der Waals surface area contributed by atoms with Crippen molar-refractivity contribution in [3.8, 4) is 0 Å². The Morgan fingerprint density at radius 1 is 1.14 bits per heavy atom. The molecular formula is C15H21NO5. The van der Waals surface area contributed by atoms with Crippen LogP contribution in [0.25, 0.3) is 0 Å². The normalized spacial score (nSPS) is 26.1. The summed E-state index contributed by atoms with van der Waals surface area (Å²) in [4.78, 5) is 36.1. The van der Waals surface area contributed by atoms with Crippen molar-refractivity contribution in [3.05, 3.63) is 11.6 Å². The first-order valence-corrected chi connectivity index (χ1v) is 7.40. The number of carboxylic acids is 2. The minimum atomic E-state index is -1.14. The van der Waals surface area contributed by atoms with Crippen LogP contribution >= 0.6 is 0 Å². The molecule has 0 aromatic carbocycles. The number of rotatable bonds is 4. The molecule has 1 heterocycles. The van der Waals surface area contributed by atoms with Crippen molar-refractivity contribution in [3.63, 3.8) is 0 Å². The number of hydrogen-bond donors (Lipinski definition) is 2. The second-order valence-electron chi connectivity index (χ2n) is 5.80. The molecule has 2 unspecified atom stereocenters. The average Bonchev–Trinajstić information content (AvgIpc) is 2.47. The zero-order valence-electron chi connectivity index (χ0n) is 12.0. The number of likely N-dealkylation sites (tertiary alicyclic amines) is 1. The van der Waals surface area contributed by atoms with E-state index < -0.39 is 23.8 Å². The lowest BCUT2D eigenvalue weighted by molar-refractivity contribution is -0.159. The summed E-state index contributed by atoms with van der Waals surface area (Å²) in [5.41, 5.74) is 1.12. The smallest absolute Gasteiger partial charge is 0.309 e. The second kappa shape index (κ2) is 6.74. The summed E-state index contributed by atoms with van der Waals surface area (Å²) in [6, 6.07) is 0. The third-order valence-electron chi connectivity index (χ3n) is 4.36. The minimum Gasteiger partial charge on any atom is -0.481 e. The Kier molecular flexibility index (Phi) is 4.98. The molecule has 1 fully saturated rings. The van der Waals surface area contributed by atoms with Gasteiger partial charge in [0.15, 0.2) is 0 Å². The third-order valence-corrected chi connectivity index (χ3v) is 4.36. The third kappa shape index (κ3) is 3.83. The lowest BCUT2D eigenvalue weighted by atomic mass is 9.85. The van der Waals surface area contributed by atoms with Gasteiger partial charge in [-0.2, -0.15) is 0 Å². The number of carbonyl (C=O) groups excluding carboxylic acids is 1. The Hall–Kier alpha value is -1.85. The Bertz CT molecular complexity index is 471. The maximum absolute atomic E-state index is 12.3. The standard InChI is InChI=1S/C15H21NO5/c17-13(8-10-4-2-1-3-5-10)16-7-6-11(14(18)19)12(9-16)15(20)21/h4,11-12H,1-3,5-9H2,(H,18,19)(H,20,21). The van der Waals surface area contributed by atoms with Gasteiger partial charge < -0.3 is 15.1 Å². The fourth-order valence-corrected chi connectivity index (χ4v) is 3.10. The van der Waals surface area contributed by atoms with Gasteiger partial charge in [-0.1, -0.05) is 11.6 Å². The number of carbonyl (C=O) groups is 3. The SMILES string of the molecule is O=C(O)C1CCN(C(=O)CC2=CCCCC2)CC1C(=O)O. The molecular weight excluding hydrogens is 274 g/mol. The van der Waals surface area contributed by atoms with E-state index in [4.69, 9.17) is 10.2 Å². The van der Waals surface area contributed by atoms with Gasteiger partial charge in [0.05, 0.1) is 11.8 Å². The summed E-state index contributed by atoms with van der Waals surface area (Å²) in [5, 5.41) is 18.2. The van der Waals surface area contributed by atoms with Crippen molar-refractivity contribution in [2.45, 2.75) is 38.5 Å². The van der Waals surface area contributed by atoms with Gasteiger partial charge in [-0.15, -0.1) is 0 Å². The van der Waals surface area contributed by atoms with Crippen LogP contribution in [0.4, 0.5) is 0 Å². The molecule has 0 aromatic rings. The minimum absolute atomic E-state index is 0.00157.